The highest BCUT2D eigenvalue weighted by atomic mass is 19.1. The lowest BCUT2D eigenvalue weighted by Gasteiger charge is -2.06. The van der Waals surface area contributed by atoms with Crippen LogP contribution in [-0.4, -0.2) is 20.0 Å². The predicted octanol–water partition coefficient (Wildman–Crippen LogP) is 2.13. The lowest BCUT2D eigenvalue weighted by molar-refractivity contribution is -0.387. The summed E-state index contributed by atoms with van der Waals surface area (Å²) in [5.74, 6) is -2.69. The third kappa shape index (κ3) is 2.45. The topological polar surface area (TPSA) is 89.2 Å². The molecule has 2 rings (SSSR count). The number of aliphatic hydroxyl groups excluding tert-OH is 1. The lowest BCUT2D eigenvalue weighted by atomic mass is 10.1. The molecule has 104 valence electrons. The van der Waals surface area contributed by atoms with Gasteiger partial charge in [0, 0.05) is 11.8 Å². The van der Waals surface area contributed by atoms with E-state index < -0.39 is 34.4 Å². The Morgan fingerprint density at radius 2 is 2.05 bits per heavy atom. The molecule has 0 aliphatic carbocycles. The highest BCUT2D eigenvalue weighted by Gasteiger charge is 2.24. The molecule has 0 atom stereocenters. The van der Waals surface area contributed by atoms with Crippen LogP contribution in [-0.2, 0) is 6.61 Å². The van der Waals surface area contributed by atoms with Gasteiger partial charge in [-0.3, -0.25) is 10.1 Å². The summed E-state index contributed by atoms with van der Waals surface area (Å²) in [5, 5.41) is 19.7. The molecule has 1 aromatic carbocycles. The van der Waals surface area contributed by atoms with Crippen molar-refractivity contribution in [2.75, 3.05) is 0 Å². The van der Waals surface area contributed by atoms with Gasteiger partial charge >= 0.3 is 5.69 Å². The molecule has 2 aromatic rings. The molecule has 0 amide bonds. The average Bonchev–Trinajstić information content (AvgIpc) is 2.37. The summed E-state index contributed by atoms with van der Waals surface area (Å²) in [7, 11) is 0. The number of nitro benzene ring substituents is 1. The molecule has 0 aliphatic rings. The van der Waals surface area contributed by atoms with Crippen molar-refractivity contribution in [1.29, 1.82) is 0 Å². The monoisotopic (exact) mass is 281 g/mol. The molecule has 1 heterocycles. The number of nitrogens with zero attached hydrogens (tertiary/aromatic N) is 3. The summed E-state index contributed by atoms with van der Waals surface area (Å²) >= 11 is 0. The van der Waals surface area contributed by atoms with E-state index in [0.717, 1.165) is 12.1 Å². The van der Waals surface area contributed by atoms with Crippen LogP contribution in [0.15, 0.2) is 18.2 Å². The van der Waals surface area contributed by atoms with E-state index in [2.05, 4.69) is 9.97 Å². The van der Waals surface area contributed by atoms with Crippen LogP contribution in [0.4, 0.5) is 14.5 Å². The maximum atomic E-state index is 14.0. The number of rotatable bonds is 3. The molecule has 0 saturated heterocycles. The Kier molecular flexibility index (Phi) is 3.66. The van der Waals surface area contributed by atoms with E-state index in [1.165, 1.54) is 6.07 Å². The summed E-state index contributed by atoms with van der Waals surface area (Å²) < 4.78 is 27.8. The zero-order chi connectivity index (χ0) is 14.9. The fraction of sp³-hybridized carbons (Fsp3) is 0.167. The Morgan fingerprint density at radius 3 is 2.65 bits per heavy atom. The third-order valence-electron chi connectivity index (χ3n) is 2.56. The first-order valence-corrected chi connectivity index (χ1v) is 5.52. The van der Waals surface area contributed by atoms with Crippen LogP contribution in [0, 0.1) is 28.7 Å². The fourth-order valence-electron chi connectivity index (χ4n) is 1.71. The lowest BCUT2D eigenvalue weighted by Crippen LogP contribution is -2.03. The first kappa shape index (κ1) is 13.9. The number of halogens is 2. The maximum absolute atomic E-state index is 14.0. The zero-order valence-corrected chi connectivity index (χ0v) is 10.3. The van der Waals surface area contributed by atoms with Crippen molar-refractivity contribution in [3.05, 3.63) is 51.3 Å². The number of hydrogen-bond donors (Lipinski definition) is 1. The van der Waals surface area contributed by atoms with Gasteiger partial charge in [0.25, 0.3) is 0 Å². The Balaban J connectivity index is 2.72. The van der Waals surface area contributed by atoms with Crippen LogP contribution >= 0.6 is 0 Å². The normalized spacial score (nSPS) is 10.6. The highest BCUT2D eigenvalue weighted by Crippen LogP contribution is 2.29. The van der Waals surface area contributed by atoms with Crippen molar-refractivity contribution >= 4 is 5.69 Å². The van der Waals surface area contributed by atoms with Crippen molar-refractivity contribution < 1.29 is 18.8 Å². The summed E-state index contributed by atoms with van der Waals surface area (Å²) in [6.45, 7) is 1.12. The Bertz CT molecular complexity index is 692. The maximum Gasteiger partial charge on any atom is 0.305 e. The zero-order valence-electron chi connectivity index (χ0n) is 10.3. The first-order chi connectivity index (χ1) is 9.43. The van der Waals surface area contributed by atoms with Crippen LogP contribution in [0.2, 0.25) is 0 Å². The van der Waals surface area contributed by atoms with Crippen LogP contribution in [0.25, 0.3) is 11.4 Å². The second kappa shape index (κ2) is 5.25. The minimum absolute atomic E-state index is 0.165. The van der Waals surface area contributed by atoms with Gasteiger partial charge in [0.2, 0.25) is 5.82 Å². The standard InChI is InChI=1S/C12H9F2N3O3/c1-6-4-7(5-18)16-12(15-6)10-8(13)2-3-9(11(10)14)17(19)20/h2-4,18H,5H2,1H3. The number of hydrogen-bond acceptors (Lipinski definition) is 5. The molecule has 8 heteroatoms. The van der Waals surface area contributed by atoms with Crippen LogP contribution in [0.5, 0.6) is 0 Å². The van der Waals surface area contributed by atoms with E-state index in [1.54, 1.807) is 6.92 Å². The van der Waals surface area contributed by atoms with E-state index in [0.29, 0.717) is 5.69 Å². The molecule has 0 fully saturated rings. The molecule has 20 heavy (non-hydrogen) atoms. The second-order valence-electron chi connectivity index (χ2n) is 3.99. The average molecular weight is 281 g/mol. The van der Waals surface area contributed by atoms with Crippen molar-refractivity contribution in [2.45, 2.75) is 13.5 Å². The molecule has 0 bridgehead atoms. The van der Waals surface area contributed by atoms with Gasteiger partial charge in [-0.25, -0.2) is 14.4 Å². The summed E-state index contributed by atoms with van der Waals surface area (Å²) in [5.41, 5.74) is -1.00. The fourth-order valence-corrected chi connectivity index (χ4v) is 1.71. The van der Waals surface area contributed by atoms with E-state index in [-0.39, 0.29) is 11.5 Å². The molecular formula is C12H9F2N3O3. The van der Waals surface area contributed by atoms with Crippen molar-refractivity contribution in [3.63, 3.8) is 0 Å². The van der Waals surface area contributed by atoms with E-state index in [1.807, 2.05) is 0 Å². The van der Waals surface area contributed by atoms with E-state index in [9.17, 15) is 18.9 Å². The quantitative estimate of drug-likeness (QED) is 0.687. The van der Waals surface area contributed by atoms with Crippen molar-refractivity contribution in [2.24, 2.45) is 0 Å². The van der Waals surface area contributed by atoms with Gasteiger partial charge < -0.3 is 5.11 Å². The summed E-state index contributed by atoms with van der Waals surface area (Å²) in [6.07, 6.45) is 0. The van der Waals surface area contributed by atoms with Gasteiger partial charge in [-0.15, -0.1) is 0 Å². The molecule has 1 aromatic heterocycles. The first-order valence-electron chi connectivity index (χ1n) is 5.52. The largest absolute Gasteiger partial charge is 0.390 e. The predicted molar refractivity (Wildman–Crippen MR) is 64.7 cm³/mol. The van der Waals surface area contributed by atoms with Crippen LogP contribution in [0.3, 0.4) is 0 Å². The van der Waals surface area contributed by atoms with Gasteiger partial charge in [-0.1, -0.05) is 0 Å². The molecule has 0 aliphatic heterocycles. The van der Waals surface area contributed by atoms with Gasteiger partial charge in [0.15, 0.2) is 5.82 Å². The molecule has 0 saturated carbocycles. The summed E-state index contributed by atoms with van der Waals surface area (Å²) in [4.78, 5) is 17.3. The summed E-state index contributed by atoms with van der Waals surface area (Å²) in [6, 6.07) is 2.95. The van der Waals surface area contributed by atoms with Gasteiger partial charge in [0.05, 0.1) is 22.8 Å². The number of benzene rings is 1. The van der Waals surface area contributed by atoms with Gasteiger partial charge in [0.1, 0.15) is 5.82 Å². The number of nitro groups is 1. The van der Waals surface area contributed by atoms with Crippen molar-refractivity contribution in [3.8, 4) is 11.4 Å². The van der Waals surface area contributed by atoms with Gasteiger partial charge in [-0.05, 0) is 19.1 Å². The second-order valence-corrected chi connectivity index (χ2v) is 3.99. The Hall–Kier alpha value is -2.48. The Morgan fingerprint density at radius 1 is 1.35 bits per heavy atom. The molecule has 6 nitrogen and oxygen atoms in total. The minimum Gasteiger partial charge on any atom is -0.390 e. The van der Waals surface area contributed by atoms with E-state index >= 15 is 0 Å². The van der Waals surface area contributed by atoms with Crippen LogP contribution < -0.4 is 0 Å². The molecule has 1 N–H and O–H groups in total. The molecule has 0 spiro atoms. The Labute approximate surface area is 111 Å². The molecular weight excluding hydrogens is 272 g/mol. The SMILES string of the molecule is Cc1cc(CO)nc(-c2c(F)ccc([N+](=O)[O-])c2F)n1. The van der Waals surface area contributed by atoms with Gasteiger partial charge in [-0.2, -0.15) is 4.39 Å². The van der Waals surface area contributed by atoms with Crippen LogP contribution in [0.1, 0.15) is 11.4 Å². The van der Waals surface area contributed by atoms with E-state index in [4.69, 9.17) is 5.11 Å². The molecule has 0 unspecified atom stereocenters. The number of aromatic nitrogens is 2. The number of aryl methyl sites for hydroxylation is 1. The molecule has 0 radical (unpaired) electrons. The smallest absolute Gasteiger partial charge is 0.305 e. The number of aliphatic hydroxyl groups is 1. The van der Waals surface area contributed by atoms with Crippen molar-refractivity contribution in [1.82, 2.24) is 9.97 Å². The third-order valence-corrected chi connectivity index (χ3v) is 2.56. The highest BCUT2D eigenvalue weighted by molar-refractivity contribution is 5.61. The minimum atomic E-state index is -1.34.